The van der Waals surface area contributed by atoms with E-state index in [1.54, 1.807) is 20.1 Å². The van der Waals surface area contributed by atoms with Crippen molar-refractivity contribution in [2.75, 3.05) is 20.2 Å². The third kappa shape index (κ3) is 4.97. The van der Waals surface area contributed by atoms with Gasteiger partial charge in [-0.1, -0.05) is 36.7 Å². The van der Waals surface area contributed by atoms with Crippen LogP contribution in [0.5, 0.6) is 5.75 Å². The minimum absolute atomic E-state index is 0.0984. The van der Waals surface area contributed by atoms with Gasteiger partial charge in [-0.05, 0) is 30.3 Å². The highest BCUT2D eigenvalue weighted by atomic mass is 35.5. The maximum absolute atomic E-state index is 12.7. The summed E-state index contributed by atoms with van der Waals surface area (Å²) in [4.78, 5) is 12.3. The number of nitrogens with one attached hydrogen (secondary N) is 1. The standard InChI is InChI=1S/C18H21ClN2O4S/c1-3-21(26(23,24)16-10-8-15(19)9-11-16)13-18(22)20-12-14-6-4-5-7-17(14)25-2/h4-11H,3,12-13H2,1-2H3,(H,20,22). The summed E-state index contributed by atoms with van der Waals surface area (Å²) in [6.45, 7) is 1.84. The van der Waals surface area contributed by atoms with Crippen molar-refractivity contribution in [1.29, 1.82) is 0 Å². The first-order valence-corrected chi connectivity index (χ1v) is 9.84. The molecule has 0 saturated carbocycles. The van der Waals surface area contributed by atoms with Crippen LogP contribution in [-0.4, -0.2) is 38.8 Å². The molecule has 6 nitrogen and oxygen atoms in total. The zero-order valence-electron chi connectivity index (χ0n) is 14.6. The van der Waals surface area contributed by atoms with Crippen molar-refractivity contribution in [3.05, 3.63) is 59.1 Å². The Morgan fingerprint density at radius 2 is 1.81 bits per heavy atom. The van der Waals surface area contributed by atoms with Crippen molar-refractivity contribution in [2.24, 2.45) is 0 Å². The molecule has 0 aliphatic heterocycles. The molecule has 0 heterocycles. The Kier molecular flexibility index (Phi) is 7.02. The first-order valence-electron chi connectivity index (χ1n) is 8.02. The van der Waals surface area contributed by atoms with Crippen molar-refractivity contribution in [2.45, 2.75) is 18.4 Å². The Hall–Kier alpha value is -2.09. The number of sulfonamides is 1. The number of carbonyl (C=O) groups excluding carboxylic acids is 1. The quantitative estimate of drug-likeness (QED) is 0.744. The molecule has 0 saturated heterocycles. The molecule has 8 heteroatoms. The molecular weight excluding hydrogens is 376 g/mol. The Morgan fingerprint density at radius 3 is 2.42 bits per heavy atom. The highest BCUT2D eigenvalue weighted by Crippen LogP contribution is 2.19. The summed E-state index contributed by atoms with van der Waals surface area (Å²) in [6.07, 6.45) is 0. The van der Waals surface area contributed by atoms with E-state index in [0.29, 0.717) is 10.8 Å². The van der Waals surface area contributed by atoms with Gasteiger partial charge in [0.15, 0.2) is 0 Å². The number of rotatable bonds is 8. The highest BCUT2D eigenvalue weighted by Gasteiger charge is 2.25. The number of amides is 1. The van der Waals surface area contributed by atoms with E-state index in [1.807, 2.05) is 18.2 Å². The van der Waals surface area contributed by atoms with E-state index < -0.39 is 15.9 Å². The van der Waals surface area contributed by atoms with Gasteiger partial charge in [0.05, 0.1) is 18.6 Å². The van der Waals surface area contributed by atoms with E-state index in [0.717, 1.165) is 9.87 Å². The van der Waals surface area contributed by atoms with Gasteiger partial charge >= 0.3 is 0 Å². The summed E-state index contributed by atoms with van der Waals surface area (Å²) in [5, 5.41) is 3.17. The molecule has 1 amide bonds. The van der Waals surface area contributed by atoms with Gasteiger partial charge in [-0.2, -0.15) is 4.31 Å². The smallest absolute Gasteiger partial charge is 0.243 e. The van der Waals surface area contributed by atoms with Crippen LogP contribution in [0.15, 0.2) is 53.4 Å². The van der Waals surface area contributed by atoms with Crippen LogP contribution in [0.2, 0.25) is 5.02 Å². The number of para-hydroxylation sites is 1. The van der Waals surface area contributed by atoms with Crippen molar-refractivity contribution in [3.63, 3.8) is 0 Å². The van der Waals surface area contributed by atoms with Crippen molar-refractivity contribution < 1.29 is 17.9 Å². The minimum Gasteiger partial charge on any atom is -0.496 e. The largest absolute Gasteiger partial charge is 0.496 e. The molecule has 2 aromatic rings. The van der Waals surface area contributed by atoms with Crippen LogP contribution >= 0.6 is 11.6 Å². The minimum atomic E-state index is -3.77. The van der Waals surface area contributed by atoms with Gasteiger partial charge in [-0.25, -0.2) is 8.42 Å². The van der Waals surface area contributed by atoms with Gasteiger partial charge in [0.25, 0.3) is 0 Å². The summed E-state index contributed by atoms with van der Waals surface area (Å²) in [6, 6.07) is 13.2. The zero-order chi connectivity index (χ0) is 19.2. The van der Waals surface area contributed by atoms with Gasteiger partial charge in [-0.3, -0.25) is 4.79 Å². The van der Waals surface area contributed by atoms with E-state index in [9.17, 15) is 13.2 Å². The lowest BCUT2D eigenvalue weighted by Crippen LogP contribution is -2.40. The van der Waals surface area contributed by atoms with E-state index in [4.69, 9.17) is 16.3 Å². The van der Waals surface area contributed by atoms with Gasteiger partial charge < -0.3 is 10.1 Å². The van der Waals surface area contributed by atoms with Gasteiger partial charge in [0.2, 0.25) is 15.9 Å². The van der Waals surface area contributed by atoms with Crippen molar-refractivity contribution in [3.8, 4) is 5.75 Å². The highest BCUT2D eigenvalue weighted by molar-refractivity contribution is 7.89. The van der Waals surface area contributed by atoms with Crippen molar-refractivity contribution >= 4 is 27.5 Å². The SMILES string of the molecule is CCN(CC(=O)NCc1ccccc1OC)S(=O)(=O)c1ccc(Cl)cc1. The lowest BCUT2D eigenvalue weighted by molar-refractivity contribution is -0.121. The van der Waals surface area contributed by atoms with Gasteiger partial charge in [-0.15, -0.1) is 0 Å². The van der Waals surface area contributed by atoms with Crippen molar-refractivity contribution in [1.82, 2.24) is 9.62 Å². The molecule has 2 aromatic carbocycles. The molecule has 1 N–H and O–H groups in total. The molecular formula is C18H21ClN2O4S. The maximum Gasteiger partial charge on any atom is 0.243 e. The average Bonchev–Trinajstić information content (AvgIpc) is 2.64. The molecule has 0 spiro atoms. The number of nitrogens with zero attached hydrogens (tertiary/aromatic N) is 1. The lowest BCUT2D eigenvalue weighted by atomic mass is 10.2. The van der Waals surface area contributed by atoms with Crippen LogP contribution in [0.1, 0.15) is 12.5 Å². The molecule has 0 bridgehead atoms. The van der Waals surface area contributed by atoms with Crippen LogP contribution in [-0.2, 0) is 21.4 Å². The maximum atomic E-state index is 12.7. The molecule has 140 valence electrons. The summed E-state index contributed by atoms with van der Waals surface area (Å²) in [7, 11) is -2.22. The predicted molar refractivity (Wildman–Crippen MR) is 101 cm³/mol. The fraction of sp³-hybridized carbons (Fsp3) is 0.278. The van der Waals surface area contributed by atoms with Crippen LogP contribution in [0, 0.1) is 0 Å². The first-order chi connectivity index (χ1) is 12.4. The normalized spacial score (nSPS) is 11.4. The molecule has 0 aliphatic carbocycles. The number of ether oxygens (including phenoxy) is 1. The van der Waals surface area contributed by atoms with Crippen LogP contribution < -0.4 is 10.1 Å². The molecule has 0 unspecified atom stereocenters. The number of likely N-dealkylation sites (N-methyl/N-ethyl adjacent to an activating group) is 1. The number of hydrogen-bond acceptors (Lipinski definition) is 4. The molecule has 2 rings (SSSR count). The predicted octanol–water partition coefficient (Wildman–Crippen LogP) is 2.68. The fourth-order valence-corrected chi connectivity index (χ4v) is 3.91. The number of halogens is 1. The fourth-order valence-electron chi connectivity index (χ4n) is 2.38. The van der Waals surface area contributed by atoms with E-state index >= 15 is 0 Å². The Balaban J connectivity index is 2.04. The third-order valence-corrected chi connectivity index (χ3v) is 5.98. The van der Waals surface area contributed by atoms with E-state index in [1.165, 1.54) is 24.3 Å². The molecule has 0 atom stereocenters. The summed E-state index contributed by atoms with van der Waals surface area (Å²) in [5.74, 6) is 0.268. The number of methoxy groups -OCH3 is 1. The van der Waals surface area contributed by atoms with E-state index in [2.05, 4.69) is 5.32 Å². The van der Waals surface area contributed by atoms with Crippen LogP contribution in [0.3, 0.4) is 0 Å². The Labute approximate surface area is 158 Å². The summed E-state index contributed by atoms with van der Waals surface area (Å²) in [5.41, 5.74) is 0.812. The second kappa shape index (κ2) is 9.02. The van der Waals surface area contributed by atoms with E-state index in [-0.39, 0.29) is 24.5 Å². The third-order valence-electron chi connectivity index (χ3n) is 3.79. The van der Waals surface area contributed by atoms with Crippen LogP contribution in [0.25, 0.3) is 0 Å². The average molecular weight is 397 g/mol. The number of carbonyl (C=O) groups is 1. The van der Waals surface area contributed by atoms with Gasteiger partial charge in [0, 0.05) is 23.7 Å². The topological polar surface area (TPSA) is 75.7 Å². The first kappa shape index (κ1) is 20.2. The van der Waals surface area contributed by atoms with Gasteiger partial charge in [0.1, 0.15) is 5.75 Å². The monoisotopic (exact) mass is 396 g/mol. The Morgan fingerprint density at radius 1 is 1.15 bits per heavy atom. The molecule has 0 fully saturated rings. The second-order valence-electron chi connectivity index (χ2n) is 5.47. The summed E-state index contributed by atoms with van der Waals surface area (Å²) < 4.78 is 31.7. The molecule has 0 aromatic heterocycles. The Bertz CT molecular complexity index is 854. The number of benzene rings is 2. The number of hydrogen-bond donors (Lipinski definition) is 1. The lowest BCUT2D eigenvalue weighted by Gasteiger charge is -2.20. The molecule has 26 heavy (non-hydrogen) atoms. The second-order valence-corrected chi connectivity index (χ2v) is 7.85. The molecule has 0 aliphatic rings. The molecule has 0 radical (unpaired) electrons. The van der Waals surface area contributed by atoms with Crippen LogP contribution in [0.4, 0.5) is 0 Å². The zero-order valence-corrected chi connectivity index (χ0v) is 16.2. The summed E-state index contributed by atoms with van der Waals surface area (Å²) >= 11 is 5.80.